The van der Waals surface area contributed by atoms with Gasteiger partial charge in [0.2, 0.25) is 5.89 Å². The van der Waals surface area contributed by atoms with E-state index in [-0.39, 0.29) is 11.2 Å². The molecule has 1 N–H and O–H groups in total. The minimum atomic E-state index is -1.14. The SMILES string of the molecule is [2H]C([2H])c1noc([C@@]23CNCC2C3)n1. The molecule has 0 aromatic carbocycles. The van der Waals surface area contributed by atoms with Crippen molar-refractivity contribution in [2.24, 2.45) is 5.92 Å². The van der Waals surface area contributed by atoms with Crippen molar-refractivity contribution < 1.29 is 7.26 Å². The van der Waals surface area contributed by atoms with Crippen molar-refractivity contribution in [2.45, 2.75) is 18.7 Å². The summed E-state index contributed by atoms with van der Waals surface area (Å²) < 4.78 is 19.4. The molecule has 3 rings (SSSR count). The summed E-state index contributed by atoms with van der Waals surface area (Å²) in [5, 5.41) is 6.92. The highest BCUT2D eigenvalue weighted by atomic mass is 16.5. The molecule has 1 aromatic heterocycles. The second-order valence-electron chi connectivity index (χ2n) is 3.65. The molecule has 0 bridgehead atoms. The van der Waals surface area contributed by atoms with Crippen LogP contribution in [0.3, 0.4) is 0 Å². The molecule has 1 aromatic rings. The number of piperidine rings is 1. The third-order valence-electron chi connectivity index (χ3n) is 2.93. The molecule has 2 fully saturated rings. The van der Waals surface area contributed by atoms with E-state index in [1.54, 1.807) is 0 Å². The van der Waals surface area contributed by atoms with Gasteiger partial charge < -0.3 is 9.84 Å². The van der Waals surface area contributed by atoms with E-state index in [0.29, 0.717) is 11.8 Å². The first kappa shape index (κ1) is 4.97. The minimum Gasteiger partial charge on any atom is -0.339 e. The Morgan fingerprint density at radius 1 is 1.83 bits per heavy atom. The van der Waals surface area contributed by atoms with Gasteiger partial charge in [-0.2, -0.15) is 4.98 Å². The van der Waals surface area contributed by atoms with Crippen LogP contribution in [0.25, 0.3) is 0 Å². The standard InChI is InChI=1S/C8H11N3O/c1-5-10-7(12-11-5)8-2-6(8)3-9-4-8/h6,9H,2-4H2,1H3/t6?,8-/m0/s1/i1D2. The Balaban J connectivity index is 1.90. The monoisotopic (exact) mass is 167 g/mol. The number of nitrogens with zero attached hydrogens (tertiary/aromatic N) is 2. The summed E-state index contributed by atoms with van der Waals surface area (Å²) in [4.78, 5) is 4.11. The first-order valence-electron chi connectivity index (χ1n) is 5.27. The van der Waals surface area contributed by atoms with Crippen LogP contribution >= 0.6 is 0 Å². The van der Waals surface area contributed by atoms with Gasteiger partial charge in [-0.3, -0.25) is 0 Å². The maximum absolute atomic E-state index is 7.15. The number of aryl methyl sites for hydroxylation is 1. The van der Waals surface area contributed by atoms with Gasteiger partial charge in [0, 0.05) is 9.29 Å². The fraction of sp³-hybridized carbons (Fsp3) is 0.750. The number of nitrogens with one attached hydrogen (secondary N) is 1. The van der Waals surface area contributed by atoms with E-state index >= 15 is 0 Å². The van der Waals surface area contributed by atoms with Gasteiger partial charge >= 0.3 is 0 Å². The van der Waals surface area contributed by atoms with Crippen molar-refractivity contribution in [1.29, 1.82) is 0 Å². The summed E-state index contributed by atoms with van der Waals surface area (Å²) in [6.45, 7) is 0.763. The second kappa shape index (κ2) is 1.88. The molecule has 1 aliphatic carbocycles. The summed E-state index contributed by atoms with van der Waals surface area (Å²) in [6, 6.07) is 0. The number of hydrogen-bond acceptors (Lipinski definition) is 4. The van der Waals surface area contributed by atoms with Crippen LogP contribution in [0, 0.1) is 12.8 Å². The van der Waals surface area contributed by atoms with Gasteiger partial charge in [0.25, 0.3) is 0 Å². The van der Waals surface area contributed by atoms with Crippen molar-refractivity contribution in [3.8, 4) is 0 Å². The van der Waals surface area contributed by atoms with Crippen LogP contribution in [0.1, 0.15) is 20.9 Å². The lowest BCUT2D eigenvalue weighted by Gasteiger charge is -2.02. The molecule has 4 nitrogen and oxygen atoms in total. The van der Waals surface area contributed by atoms with Gasteiger partial charge in [-0.15, -0.1) is 0 Å². The molecule has 2 atom stereocenters. The zero-order chi connectivity index (χ0) is 9.76. The van der Waals surface area contributed by atoms with Gasteiger partial charge in [0.1, 0.15) is 0 Å². The Bertz CT molecular complexity index is 367. The van der Waals surface area contributed by atoms with E-state index in [1.165, 1.54) is 0 Å². The average Bonchev–Trinajstić information content (AvgIpc) is 2.63. The van der Waals surface area contributed by atoms with E-state index in [0.717, 1.165) is 19.5 Å². The Morgan fingerprint density at radius 2 is 2.83 bits per heavy atom. The molecule has 0 radical (unpaired) electrons. The normalized spacial score (nSPS) is 40.9. The molecule has 1 unspecified atom stereocenters. The minimum absolute atomic E-state index is 0.0418. The summed E-state index contributed by atoms with van der Waals surface area (Å²) in [5.74, 6) is 1.41. The van der Waals surface area contributed by atoms with Crippen molar-refractivity contribution >= 4 is 0 Å². The molecule has 0 spiro atoms. The van der Waals surface area contributed by atoms with Crippen LogP contribution in [-0.2, 0) is 5.41 Å². The molecule has 1 aliphatic heterocycles. The lowest BCUT2D eigenvalue weighted by molar-refractivity contribution is 0.343. The van der Waals surface area contributed by atoms with E-state index in [1.807, 2.05) is 0 Å². The summed E-state index contributed by atoms with van der Waals surface area (Å²) in [6.07, 6.45) is 1.10. The van der Waals surface area contributed by atoms with Crippen molar-refractivity contribution in [3.63, 3.8) is 0 Å². The maximum Gasteiger partial charge on any atom is 0.234 e. The van der Waals surface area contributed by atoms with Crippen molar-refractivity contribution in [1.82, 2.24) is 15.5 Å². The summed E-state index contributed by atoms with van der Waals surface area (Å²) in [7, 11) is 0. The number of fused-ring (bicyclic) bond motifs is 1. The van der Waals surface area contributed by atoms with E-state index in [2.05, 4.69) is 15.5 Å². The van der Waals surface area contributed by atoms with Gasteiger partial charge in [0.15, 0.2) is 5.82 Å². The second-order valence-corrected chi connectivity index (χ2v) is 3.65. The first-order valence-corrected chi connectivity index (χ1v) is 4.12. The lowest BCUT2D eigenvalue weighted by atomic mass is 10.1. The summed E-state index contributed by atoms with van der Waals surface area (Å²) >= 11 is 0. The fourth-order valence-electron chi connectivity index (χ4n) is 2.11. The predicted molar refractivity (Wildman–Crippen MR) is 41.7 cm³/mol. The number of rotatable bonds is 1. The molecular formula is C8H11N3O. The molecule has 4 heteroatoms. The number of aromatic nitrogens is 2. The molecular weight excluding hydrogens is 154 g/mol. The Hall–Kier alpha value is -0.900. The van der Waals surface area contributed by atoms with Crippen LogP contribution in [0.2, 0.25) is 0 Å². The fourth-order valence-corrected chi connectivity index (χ4v) is 2.11. The van der Waals surface area contributed by atoms with Gasteiger partial charge in [-0.05, 0) is 25.8 Å². The zero-order valence-corrected chi connectivity index (χ0v) is 6.58. The molecule has 1 saturated carbocycles. The Kier molecular flexibility index (Phi) is 0.777. The molecule has 64 valence electrons. The molecule has 12 heavy (non-hydrogen) atoms. The quantitative estimate of drug-likeness (QED) is 0.651. The highest BCUT2D eigenvalue weighted by molar-refractivity contribution is 5.25. The third-order valence-corrected chi connectivity index (χ3v) is 2.93. The third kappa shape index (κ3) is 0.659. The van der Waals surface area contributed by atoms with E-state index in [9.17, 15) is 0 Å². The summed E-state index contributed by atoms with van der Waals surface area (Å²) in [5.41, 5.74) is 0.0418. The van der Waals surface area contributed by atoms with Gasteiger partial charge in [0.05, 0.1) is 5.41 Å². The van der Waals surface area contributed by atoms with Crippen LogP contribution in [0.4, 0.5) is 0 Å². The van der Waals surface area contributed by atoms with Crippen LogP contribution in [-0.4, -0.2) is 23.2 Å². The van der Waals surface area contributed by atoms with Crippen molar-refractivity contribution in [2.75, 3.05) is 13.1 Å². The predicted octanol–water partition coefficient (Wildman–Crippen LogP) is 0.239. The lowest BCUT2D eigenvalue weighted by Crippen LogP contribution is -2.19. The Labute approximate surface area is 73.2 Å². The molecule has 1 saturated heterocycles. The first-order chi connectivity index (χ1) is 6.72. The van der Waals surface area contributed by atoms with Gasteiger partial charge in [-0.1, -0.05) is 5.16 Å². The largest absolute Gasteiger partial charge is 0.339 e. The van der Waals surface area contributed by atoms with E-state index < -0.39 is 6.88 Å². The molecule has 2 aliphatic rings. The number of hydrogen-bond donors (Lipinski definition) is 1. The van der Waals surface area contributed by atoms with Crippen LogP contribution in [0.15, 0.2) is 4.52 Å². The van der Waals surface area contributed by atoms with Crippen molar-refractivity contribution in [3.05, 3.63) is 11.7 Å². The van der Waals surface area contributed by atoms with Crippen LogP contribution in [0.5, 0.6) is 0 Å². The smallest absolute Gasteiger partial charge is 0.234 e. The average molecular weight is 167 g/mol. The molecule has 0 amide bonds. The topological polar surface area (TPSA) is 51.0 Å². The zero-order valence-electron chi connectivity index (χ0n) is 8.58. The van der Waals surface area contributed by atoms with Crippen LogP contribution < -0.4 is 5.32 Å². The highest BCUT2D eigenvalue weighted by Crippen LogP contribution is 2.55. The van der Waals surface area contributed by atoms with Gasteiger partial charge in [-0.25, -0.2) is 0 Å². The van der Waals surface area contributed by atoms with E-state index in [4.69, 9.17) is 7.26 Å². The Morgan fingerprint density at radius 3 is 3.42 bits per heavy atom. The highest BCUT2D eigenvalue weighted by Gasteiger charge is 2.62. The maximum atomic E-state index is 7.15. The molecule has 2 heterocycles.